The first-order chi connectivity index (χ1) is 6.74. The second kappa shape index (κ2) is 3.18. The summed E-state index contributed by atoms with van der Waals surface area (Å²) in [5, 5.41) is 0.939. The van der Waals surface area contributed by atoms with E-state index >= 15 is 0 Å². The third-order valence-corrected chi connectivity index (χ3v) is 2.38. The molecule has 3 heteroatoms. The second-order valence-corrected chi connectivity index (χ2v) is 3.20. The molecular weight excluding hydrogens is 176 g/mol. The highest BCUT2D eigenvalue weighted by molar-refractivity contribution is 5.90. The molecule has 2 rings (SSSR count). The molecule has 72 valence electrons. The SMILES string of the molecule is CCn1c(=O)ccc2c(N)cccc21. The summed E-state index contributed by atoms with van der Waals surface area (Å²) in [7, 11) is 0. The van der Waals surface area contributed by atoms with Gasteiger partial charge in [-0.15, -0.1) is 0 Å². The molecule has 14 heavy (non-hydrogen) atoms. The molecule has 3 nitrogen and oxygen atoms in total. The van der Waals surface area contributed by atoms with E-state index < -0.39 is 0 Å². The predicted octanol–water partition coefficient (Wildman–Crippen LogP) is 1.60. The number of nitrogens with zero attached hydrogens (tertiary/aromatic N) is 1. The van der Waals surface area contributed by atoms with Crippen molar-refractivity contribution in [2.45, 2.75) is 13.5 Å². The van der Waals surface area contributed by atoms with E-state index in [9.17, 15) is 4.79 Å². The summed E-state index contributed by atoms with van der Waals surface area (Å²) < 4.78 is 1.71. The summed E-state index contributed by atoms with van der Waals surface area (Å²) in [6.45, 7) is 2.61. The van der Waals surface area contributed by atoms with Gasteiger partial charge in [0.2, 0.25) is 0 Å². The van der Waals surface area contributed by atoms with Gasteiger partial charge in [0.1, 0.15) is 0 Å². The predicted molar refractivity (Wildman–Crippen MR) is 58.3 cm³/mol. The zero-order chi connectivity index (χ0) is 10.1. The van der Waals surface area contributed by atoms with Crippen molar-refractivity contribution in [3.63, 3.8) is 0 Å². The van der Waals surface area contributed by atoms with E-state index in [1.54, 1.807) is 16.7 Å². The summed E-state index contributed by atoms with van der Waals surface area (Å²) in [4.78, 5) is 11.5. The average Bonchev–Trinajstić information content (AvgIpc) is 2.18. The number of hydrogen-bond acceptors (Lipinski definition) is 2. The normalized spacial score (nSPS) is 10.6. The van der Waals surface area contributed by atoms with Crippen molar-refractivity contribution in [3.8, 4) is 0 Å². The summed E-state index contributed by atoms with van der Waals surface area (Å²) in [5.74, 6) is 0. The molecule has 0 unspecified atom stereocenters. The number of pyridine rings is 1. The first-order valence-electron chi connectivity index (χ1n) is 4.62. The van der Waals surface area contributed by atoms with Crippen molar-refractivity contribution in [1.29, 1.82) is 0 Å². The Morgan fingerprint density at radius 2 is 2.07 bits per heavy atom. The summed E-state index contributed by atoms with van der Waals surface area (Å²) in [6, 6.07) is 8.95. The van der Waals surface area contributed by atoms with Gasteiger partial charge in [0.15, 0.2) is 0 Å². The van der Waals surface area contributed by atoms with Crippen LogP contribution in [0, 0.1) is 0 Å². The smallest absolute Gasteiger partial charge is 0.251 e. The van der Waals surface area contributed by atoms with E-state index in [4.69, 9.17) is 5.73 Å². The lowest BCUT2D eigenvalue weighted by Gasteiger charge is -2.08. The molecule has 0 bridgehead atoms. The monoisotopic (exact) mass is 188 g/mol. The zero-order valence-corrected chi connectivity index (χ0v) is 8.03. The Hall–Kier alpha value is -1.77. The molecule has 1 aromatic carbocycles. The summed E-state index contributed by atoms with van der Waals surface area (Å²) >= 11 is 0. The van der Waals surface area contributed by atoms with Gasteiger partial charge >= 0.3 is 0 Å². The Balaban J connectivity index is 2.95. The Kier molecular flexibility index (Phi) is 2.00. The lowest BCUT2D eigenvalue weighted by molar-refractivity contribution is 0.760. The summed E-state index contributed by atoms with van der Waals surface area (Å²) in [6.07, 6.45) is 0. The Bertz CT molecular complexity index is 528. The Labute approximate surface area is 81.8 Å². The number of aromatic nitrogens is 1. The quantitative estimate of drug-likeness (QED) is 0.691. The van der Waals surface area contributed by atoms with E-state index in [-0.39, 0.29) is 5.56 Å². The van der Waals surface area contributed by atoms with Crippen LogP contribution in [0.5, 0.6) is 0 Å². The van der Waals surface area contributed by atoms with Gasteiger partial charge in [-0.3, -0.25) is 4.79 Å². The standard InChI is InChI=1S/C11H12N2O/c1-2-13-10-5-3-4-9(12)8(10)6-7-11(13)14/h3-7H,2,12H2,1H3. The molecule has 0 radical (unpaired) electrons. The molecular formula is C11H12N2O. The number of hydrogen-bond donors (Lipinski definition) is 1. The molecule has 1 aromatic heterocycles. The maximum Gasteiger partial charge on any atom is 0.251 e. The highest BCUT2D eigenvalue weighted by Crippen LogP contribution is 2.18. The molecule has 0 aliphatic carbocycles. The molecule has 0 aliphatic heterocycles. The zero-order valence-electron chi connectivity index (χ0n) is 8.03. The lowest BCUT2D eigenvalue weighted by atomic mass is 10.2. The van der Waals surface area contributed by atoms with Crippen LogP contribution in [0.3, 0.4) is 0 Å². The second-order valence-electron chi connectivity index (χ2n) is 3.20. The van der Waals surface area contributed by atoms with E-state index in [1.165, 1.54) is 0 Å². The van der Waals surface area contributed by atoms with Gasteiger partial charge in [-0.05, 0) is 25.1 Å². The Morgan fingerprint density at radius 1 is 1.29 bits per heavy atom. The molecule has 0 spiro atoms. The third kappa shape index (κ3) is 1.18. The maximum atomic E-state index is 11.5. The van der Waals surface area contributed by atoms with E-state index in [1.807, 2.05) is 25.1 Å². The number of rotatable bonds is 1. The molecule has 0 amide bonds. The number of nitrogens with two attached hydrogens (primary N) is 1. The van der Waals surface area contributed by atoms with E-state index in [2.05, 4.69) is 0 Å². The summed E-state index contributed by atoms with van der Waals surface area (Å²) in [5.41, 5.74) is 7.45. The van der Waals surface area contributed by atoms with Gasteiger partial charge in [0.25, 0.3) is 5.56 Å². The van der Waals surface area contributed by atoms with Gasteiger partial charge in [-0.1, -0.05) is 6.07 Å². The molecule has 2 N–H and O–H groups in total. The van der Waals surface area contributed by atoms with Crippen LogP contribution in [0.2, 0.25) is 0 Å². The molecule has 0 aliphatic rings. The van der Waals surface area contributed by atoms with E-state index in [0.717, 1.165) is 10.9 Å². The van der Waals surface area contributed by atoms with Gasteiger partial charge < -0.3 is 10.3 Å². The minimum absolute atomic E-state index is 0.0191. The minimum atomic E-state index is 0.0191. The van der Waals surface area contributed by atoms with Crippen LogP contribution >= 0.6 is 0 Å². The van der Waals surface area contributed by atoms with Crippen LogP contribution in [0.25, 0.3) is 10.9 Å². The van der Waals surface area contributed by atoms with Crippen molar-refractivity contribution >= 4 is 16.6 Å². The van der Waals surface area contributed by atoms with Crippen LogP contribution in [0.15, 0.2) is 35.1 Å². The van der Waals surface area contributed by atoms with Gasteiger partial charge in [0.05, 0.1) is 5.52 Å². The highest BCUT2D eigenvalue weighted by Gasteiger charge is 2.02. The van der Waals surface area contributed by atoms with Crippen molar-refractivity contribution in [2.75, 3.05) is 5.73 Å². The molecule has 0 fully saturated rings. The maximum absolute atomic E-state index is 11.5. The van der Waals surface area contributed by atoms with Crippen LogP contribution in [0.4, 0.5) is 5.69 Å². The largest absolute Gasteiger partial charge is 0.398 e. The number of aryl methyl sites for hydroxylation is 1. The van der Waals surface area contributed by atoms with E-state index in [0.29, 0.717) is 12.2 Å². The Morgan fingerprint density at radius 3 is 2.79 bits per heavy atom. The third-order valence-electron chi connectivity index (χ3n) is 2.38. The van der Waals surface area contributed by atoms with Gasteiger partial charge in [-0.2, -0.15) is 0 Å². The molecule has 0 saturated carbocycles. The van der Waals surface area contributed by atoms with Crippen LogP contribution < -0.4 is 11.3 Å². The first-order valence-corrected chi connectivity index (χ1v) is 4.62. The van der Waals surface area contributed by atoms with Crippen LogP contribution in [-0.4, -0.2) is 4.57 Å². The minimum Gasteiger partial charge on any atom is -0.398 e. The van der Waals surface area contributed by atoms with Crippen molar-refractivity contribution in [2.24, 2.45) is 0 Å². The number of benzene rings is 1. The van der Waals surface area contributed by atoms with Crippen LogP contribution in [-0.2, 0) is 6.54 Å². The van der Waals surface area contributed by atoms with Crippen LogP contribution in [0.1, 0.15) is 6.92 Å². The highest BCUT2D eigenvalue weighted by atomic mass is 16.1. The molecule has 2 aromatic rings. The fourth-order valence-corrected chi connectivity index (χ4v) is 1.68. The fourth-order valence-electron chi connectivity index (χ4n) is 1.68. The van der Waals surface area contributed by atoms with Crippen molar-refractivity contribution in [1.82, 2.24) is 4.57 Å². The van der Waals surface area contributed by atoms with Gasteiger partial charge in [0, 0.05) is 23.7 Å². The van der Waals surface area contributed by atoms with Crippen molar-refractivity contribution in [3.05, 3.63) is 40.7 Å². The molecule has 0 atom stereocenters. The van der Waals surface area contributed by atoms with Gasteiger partial charge in [-0.25, -0.2) is 0 Å². The fraction of sp³-hybridized carbons (Fsp3) is 0.182. The lowest BCUT2D eigenvalue weighted by Crippen LogP contribution is -2.18. The first kappa shape index (κ1) is 8.81. The topological polar surface area (TPSA) is 48.0 Å². The number of nitrogen functional groups attached to an aromatic ring is 1. The number of anilines is 1. The molecule has 0 saturated heterocycles. The molecule has 1 heterocycles. The average molecular weight is 188 g/mol. The number of fused-ring (bicyclic) bond motifs is 1. The van der Waals surface area contributed by atoms with Crippen molar-refractivity contribution < 1.29 is 0 Å².